The van der Waals surface area contributed by atoms with Crippen LogP contribution < -0.4 is 0 Å². The molecule has 0 aliphatic carbocycles. The topological polar surface area (TPSA) is 39.2 Å². The molecule has 0 amide bonds. The van der Waals surface area contributed by atoms with Crippen molar-refractivity contribution in [3.05, 3.63) is 29.6 Å². The summed E-state index contributed by atoms with van der Waals surface area (Å²) in [5.41, 5.74) is -0.307. The first-order valence-corrected chi connectivity index (χ1v) is 4.08. The molecule has 0 fully saturated rings. The molecule has 0 radical (unpaired) electrons. The lowest BCUT2D eigenvalue weighted by atomic mass is 10.2. The van der Waals surface area contributed by atoms with E-state index in [0.717, 1.165) is 12.4 Å². The number of hydrogen-bond donors (Lipinski definition) is 0. The Bertz CT molecular complexity index is 321. The normalized spacial score (nSPS) is 9.93. The average molecular weight is 201 g/mol. The molecule has 3 nitrogen and oxygen atoms in total. The summed E-state index contributed by atoms with van der Waals surface area (Å²) in [6.45, 7) is 1.81. The van der Waals surface area contributed by atoms with Gasteiger partial charge in [0.2, 0.25) is 0 Å². The molecule has 0 bridgehead atoms. The van der Waals surface area contributed by atoms with Crippen molar-refractivity contribution in [2.24, 2.45) is 0 Å². The first-order chi connectivity index (χ1) is 6.65. The maximum absolute atomic E-state index is 12.9. The zero-order chi connectivity index (χ0) is 10.6. The standard InChI is InChI=1S/C9H9F2NO2/c1-2-14-9(13)3-6-7(10)4-12-5-8(6)11/h4-5H,2-3H2,1H3. The number of halogens is 2. The number of esters is 1. The van der Waals surface area contributed by atoms with Crippen LogP contribution in [0.4, 0.5) is 8.78 Å². The highest BCUT2D eigenvalue weighted by atomic mass is 19.1. The van der Waals surface area contributed by atoms with Crippen molar-refractivity contribution in [3.8, 4) is 0 Å². The Morgan fingerprint density at radius 2 is 2.00 bits per heavy atom. The van der Waals surface area contributed by atoms with Gasteiger partial charge in [-0.1, -0.05) is 0 Å². The second kappa shape index (κ2) is 4.64. The van der Waals surface area contributed by atoms with Crippen LogP contribution in [-0.2, 0) is 16.0 Å². The van der Waals surface area contributed by atoms with Gasteiger partial charge in [-0.2, -0.15) is 0 Å². The van der Waals surface area contributed by atoms with Crippen LogP contribution in [0.1, 0.15) is 12.5 Å². The molecule has 0 unspecified atom stereocenters. The number of nitrogens with zero attached hydrogens (tertiary/aromatic N) is 1. The molecule has 0 spiro atoms. The number of hydrogen-bond acceptors (Lipinski definition) is 3. The molecule has 0 aromatic carbocycles. The molecule has 0 atom stereocenters. The highest BCUT2D eigenvalue weighted by Gasteiger charge is 2.13. The molecule has 0 N–H and O–H groups in total. The van der Waals surface area contributed by atoms with Gasteiger partial charge in [-0.05, 0) is 6.92 Å². The molecular weight excluding hydrogens is 192 g/mol. The van der Waals surface area contributed by atoms with Crippen LogP contribution in [-0.4, -0.2) is 17.6 Å². The first kappa shape index (κ1) is 10.6. The van der Waals surface area contributed by atoms with E-state index in [1.165, 1.54) is 0 Å². The van der Waals surface area contributed by atoms with E-state index in [-0.39, 0.29) is 12.2 Å². The lowest BCUT2D eigenvalue weighted by Crippen LogP contribution is -2.10. The predicted octanol–water partition coefficient (Wildman–Crippen LogP) is 1.47. The quantitative estimate of drug-likeness (QED) is 0.695. The van der Waals surface area contributed by atoms with E-state index in [0.29, 0.717) is 0 Å². The zero-order valence-corrected chi connectivity index (χ0v) is 7.59. The maximum Gasteiger partial charge on any atom is 0.310 e. The third-order valence-electron chi connectivity index (χ3n) is 1.58. The maximum atomic E-state index is 12.9. The van der Waals surface area contributed by atoms with Gasteiger partial charge in [-0.15, -0.1) is 0 Å². The second-order valence-corrected chi connectivity index (χ2v) is 2.56. The molecule has 0 saturated carbocycles. The van der Waals surface area contributed by atoms with Gasteiger partial charge in [0.05, 0.1) is 25.4 Å². The van der Waals surface area contributed by atoms with Crippen molar-refractivity contribution < 1.29 is 18.3 Å². The van der Waals surface area contributed by atoms with Gasteiger partial charge in [0, 0.05) is 5.56 Å². The first-order valence-electron chi connectivity index (χ1n) is 4.08. The largest absolute Gasteiger partial charge is 0.466 e. The Morgan fingerprint density at radius 1 is 1.43 bits per heavy atom. The molecule has 1 rings (SSSR count). The fourth-order valence-electron chi connectivity index (χ4n) is 0.963. The minimum atomic E-state index is -0.835. The highest BCUT2D eigenvalue weighted by molar-refractivity contribution is 5.72. The van der Waals surface area contributed by atoms with Gasteiger partial charge in [0.25, 0.3) is 0 Å². The Balaban J connectivity index is 2.80. The van der Waals surface area contributed by atoms with Crippen LogP contribution in [0.3, 0.4) is 0 Å². The van der Waals surface area contributed by atoms with Crippen LogP contribution in [0.5, 0.6) is 0 Å². The molecule has 1 aromatic heterocycles. The summed E-state index contributed by atoms with van der Waals surface area (Å²) in [5, 5.41) is 0. The summed E-state index contributed by atoms with van der Waals surface area (Å²) in [6, 6.07) is 0. The summed E-state index contributed by atoms with van der Waals surface area (Å²) in [6.07, 6.45) is 1.31. The van der Waals surface area contributed by atoms with Crippen LogP contribution >= 0.6 is 0 Å². The number of pyridine rings is 1. The van der Waals surface area contributed by atoms with Crippen LogP contribution in [0, 0.1) is 11.6 Å². The van der Waals surface area contributed by atoms with Gasteiger partial charge in [0.1, 0.15) is 11.6 Å². The Kier molecular flexibility index (Phi) is 3.50. The number of carbonyl (C=O) groups excluding carboxylic acids is 1. The van der Waals surface area contributed by atoms with Crippen molar-refractivity contribution in [2.45, 2.75) is 13.3 Å². The van der Waals surface area contributed by atoms with Crippen LogP contribution in [0.25, 0.3) is 0 Å². The number of carbonyl (C=O) groups is 1. The minimum absolute atomic E-state index is 0.188. The van der Waals surface area contributed by atoms with Crippen LogP contribution in [0.15, 0.2) is 12.4 Å². The molecule has 0 saturated heterocycles. The van der Waals surface area contributed by atoms with E-state index in [1.807, 2.05) is 0 Å². The van der Waals surface area contributed by atoms with Crippen molar-refractivity contribution in [2.75, 3.05) is 6.61 Å². The fourth-order valence-corrected chi connectivity index (χ4v) is 0.963. The van der Waals surface area contributed by atoms with E-state index >= 15 is 0 Å². The Hall–Kier alpha value is -1.52. The van der Waals surface area contributed by atoms with E-state index in [4.69, 9.17) is 0 Å². The van der Waals surface area contributed by atoms with E-state index in [9.17, 15) is 13.6 Å². The molecule has 0 aliphatic rings. The smallest absolute Gasteiger partial charge is 0.310 e. The predicted molar refractivity (Wildman–Crippen MR) is 44.5 cm³/mol. The molecule has 14 heavy (non-hydrogen) atoms. The van der Waals surface area contributed by atoms with E-state index < -0.39 is 24.0 Å². The van der Waals surface area contributed by atoms with Crippen molar-refractivity contribution >= 4 is 5.97 Å². The molecule has 5 heteroatoms. The average Bonchev–Trinajstić information content (AvgIpc) is 2.12. The third-order valence-corrected chi connectivity index (χ3v) is 1.58. The summed E-state index contributed by atoms with van der Waals surface area (Å²) in [5.74, 6) is -2.33. The van der Waals surface area contributed by atoms with Crippen molar-refractivity contribution in [1.29, 1.82) is 0 Å². The zero-order valence-electron chi connectivity index (χ0n) is 7.59. The molecule has 1 heterocycles. The number of aromatic nitrogens is 1. The molecular formula is C9H9F2NO2. The summed E-state index contributed by atoms with van der Waals surface area (Å²) in [7, 11) is 0. The number of ether oxygens (including phenoxy) is 1. The molecule has 1 aromatic rings. The lowest BCUT2D eigenvalue weighted by Gasteiger charge is -2.03. The van der Waals surface area contributed by atoms with E-state index in [2.05, 4.69) is 9.72 Å². The van der Waals surface area contributed by atoms with Gasteiger partial charge in [-0.25, -0.2) is 8.78 Å². The minimum Gasteiger partial charge on any atom is -0.466 e. The summed E-state index contributed by atoms with van der Waals surface area (Å²) >= 11 is 0. The fraction of sp³-hybridized carbons (Fsp3) is 0.333. The van der Waals surface area contributed by atoms with Gasteiger partial charge in [-0.3, -0.25) is 9.78 Å². The Labute approximate surface area is 79.7 Å². The number of rotatable bonds is 3. The van der Waals surface area contributed by atoms with Crippen molar-refractivity contribution in [3.63, 3.8) is 0 Å². The SMILES string of the molecule is CCOC(=O)Cc1c(F)cncc1F. The van der Waals surface area contributed by atoms with E-state index in [1.54, 1.807) is 6.92 Å². The summed E-state index contributed by atoms with van der Waals surface area (Å²) < 4.78 is 30.4. The van der Waals surface area contributed by atoms with Gasteiger partial charge >= 0.3 is 5.97 Å². The lowest BCUT2D eigenvalue weighted by molar-refractivity contribution is -0.142. The highest BCUT2D eigenvalue weighted by Crippen LogP contribution is 2.11. The third kappa shape index (κ3) is 2.48. The molecule has 0 aliphatic heterocycles. The van der Waals surface area contributed by atoms with Crippen LogP contribution in [0.2, 0.25) is 0 Å². The monoisotopic (exact) mass is 201 g/mol. The Morgan fingerprint density at radius 3 is 2.50 bits per heavy atom. The van der Waals surface area contributed by atoms with Gasteiger partial charge in [0.15, 0.2) is 0 Å². The van der Waals surface area contributed by atoms with Gasteiger partial charge < -0.3 is 4.74 Å². The summed E-state index contributed by atoms with van der Waals surface area (Å²) in [4.78, 5) is 14.2. The second-order valence-electron chi connectivity index (χ2n) is 2.56. The molecule has 76 valence electrons. The van der Waals surface area contributed by atoms with Crippen molar-refractivity contribution in [1.82, 2.24) is 4.98 Å².